The Hall–Kier alpha value is -0.440. The number of amides is 1. The third-order valence-electron chi connectivity index (χ3n) is 4.52. The summed E-state index contributed by atoms with van der Waals surface area (Å²) in [6, 6.07) is 0. The van der Waals surface area contributed by atoms with E-state index in [0.29, 0.717) is 5.82 Å². The molecule has 0 spiro atoms. The lowest BCUT2D eigenvalue weighted by atomic mass is 10.0. The maximum absolute atomic E-state index is 12.9. The summed E-state index contributed by atoms with van der Waals surface area (Å²) in [5.41, 5.74) is 3.18. The summed E-state index contributed by atoms with van der Waals surface area (Å²) in [4.78, 5) is 19.6. The fourth-order valence-electron chi connectivity index (χ4n) is 3.38. The van der Waals surface area contributed by atoms with Crippen LogP contribution in [0.3, 0.4) is 0 Å². The number of benzene rings is 1. The van der Waals surface area contributed by atoms with E-state index in [2.05, 4.69) is 57.7 Å². The third kappa shape index (κ3) is 2.49. The van der Waals surface area contributed by atoms with E-state index in [4.69, 9.17) is 4.98 Å². The van der Waals surface area contributed by atoms with E-state index in [-0.39, 0.29) is 5.91 Å². The predicted octanol–water partition coefficient (Wildman–Crippen LogP) is 3.32. The topological polar surface area (TPSA) is 50.2 Å². The van der Waals surface area contributed by atoms with Crippen LogP contribution in [0.2, 0.25) is 0 Å². The fourth-order valence-corrected chi connectivity index (χ4v) is 5.13. The number of hydrogen-bond acceptors (Lipinski definition) is 3. The highest BCUT2D eigenvalue weighted by Crippen LogP contribution is 2.43. The molecule has 0 radical (unpaired) electrons. The van der Waals surface area contributed by atoms with E-state index in [0.717, 1.165) is 70.0 Å². The van der Waals surface area contributed by atoms with Crippen LogP contribution in [0.4, 0.5) is 0 Å². The number of nitrogens with zero attached hydrogens (tertiary/aromatic N) is 3. The molecule has 122 valence electrons. The molecule has 1 aromatic carbocycles. The summed E-state index contributed by atoms with van der Waals surface area (Å²) < 4.78 is 5.02. The Labute approximate surface area is 159 Å². The summed E-state index contributed by atoms with van der Waals surface area (Å²) in [6.45, 7) is 4.01. The van der Waals surface area contributed by atoms with Crippen LogP contribution in [0.5, 0.6) is 0 Å². The molecule has 2 aliphatic heterocycles. The summed E-state index contributed by atoms with van der Waals surface area (Å²) in [7, 11) is 0. The normalized spacial score (nSPS) is 17.8. The van der Waals surface area contributed by atoms with Crippen LogP contribution in [0.25, 0.3) is 11.0 Å². The summed E-state index contributed by atoms with van der Waals surface area (Å²) in [5.74, 6) is 0.600. The molecule has 0 atom stereocenters. The van der Waals surface area contributed by atoms with Gasteiger partial charge in [-0.15, -0.1) is 0 Å². The van der Waals surface area contributed by atoms with E-state index in [1.807, 2.05) is 4.90 Å². The van der Waals surface area contributed by atoms with Gasteiger partial charge in [-0.3, -0.25) is 4.79 Å². The number of piperazine rings is 1. The van der Waals surface area contributed by atoms with E-state index >= 15 is 0 Å². The number of carbonyl (C=O) groups excluding carboxylic acids is 1. The molecule has 8 heteroatoms. The molecule has 5 nitrogen and oxygen atoms in total. The smallest absolute Gasteiger partial charge is 0.289 e. The molecule has 0 bridgehead atoms. The molecule has 2 aliphatic rings. The van der Waals surface area contributed by atoms with Crippen LogP contribution in [-0.4, -0.2) is 46.5 Å². The minimum absolute atomic E-state index is 0.0368. The second-order valence-corrected chi connectivity index (χ2v) is 8.23. The Kier molecular flexibility index (Phi) is 4.28. The van der Waals surface area contributed by atoms with Crippen molar-refractivity contribution in [3.05, 3.63) is 24.8 Å². The highest BCUT2D eigenvalue weighted by atomic mass is 79.9. The first-order valence-corrected chi connectivity index (χ1v) is 10.0. The van der Waals surface area contributed by atoms with Crippen LogP contribution < -0.4 is 5.32 Å². The fraction of sp³-hybridized carbons (Fsp3) is 0.467. The second-order valence-electron chi connectivity index (χ2n) is 5.85. The molecular weight excluding hydrogens is 492 g/mol. The van der Waals surface area contributed by atoms with Gasteiger partial charge < -0.3 is 14.8 Å². The van der Waals surface area contributed by atoms with E-state index in [9.17, 15) is 4.79 Å². The Bertz CT molecular complexity index is 811. The largest absolute Gasteiger partial charge is 0.333 e. The quantitative estimate of drug-likeness (QED) is 0.604. The van der Waals surface area contributed by atoms with Crippen LogP contribution in [0, 0.1) is 0 Å². The maximum Gasteiger partial charge on any atom is 0.289 e. The monoisotopic (exact) mass is 504 g/mol. The highest BCUT2D eigenvalue weighted by Gasteiger charge is 2.29. The molecule has 1 N–H and O–H groups in total. The molecule has 0 saturated carbocycles. The molecular formula is C15H15Br3N4O. The van der Waals surface area contributed by atoms with E-state index in [1.54, 1.807) is 0 Å². The van der Waals surface area contributed by atoms with Gasteiger partial charge in [-0.1, -0.05) is 0 Å². The summed E-state index contributed by atoms with van der Waals surface area (Å²) >= 11 is 10.9. The number of aryl methyl sites for hydroxylation is 2. The number of imidazole rings is 1. The number of nitrogens with one attached hydrogen (secondary N) is 1. The first-order valence-electron chi connectivity index (χ1n) is 7.65. The molecule has 2 aromatic rings. The number of carbonyl (C=O) groups is 1. The second kappa shape index (κ2) is 6.13. The third-order valence-corrected chi connectivity index (χ3v) is 8.02. The Balaban J connectivity index is 1.91. The minimum Gasteiger partial charge on any atom is -0.333 e. The van der Waals surface area contributed by atoms with Crippen molar-refractivity contribution in [2.45, 2.75) is 19.4 Å². The lowest BCUT2D eigenvalue weighted by Crippen LogP contribution is -2.47. The number of hydrogen-bond donors (Lipinski definition) is 1. The van der Waals surface area contributed by atoms with Gasteiger partial charge in [-0.05, 0) is 66.2 Å². The van der Waals surface area contributed by atoms with Crippen molar-refractivity contribution in [3.8, 4) is 0 Å². The highest BCUT2D eigenvalue weighted by molar-refractivity contribution is 9.14. The molecule has 0 aliphatic carbocycles. The van der Waals surface area contributed by atoms with Gasteiger partial charge in [0.2, 0.25) is 0 Å². The van der Waals surface area contributed by atoms with Crippen LogP contribution in [0.15, 0.2) is 13.4 Å². The van der Waals surface area contributed by atoms with Crippen molar-refractivity contribution in [1.82, 2.24) is 19.8 Å². The van der Waals surface area contributed by atoms with Gasteiger partial charge in [-0.2, -0.15) is 0 Å². The Morgan fingerprint density at radius 2 is 1.78 bits per heavy atom. The average Bonchev–Trinajstić information content (AvgIpc) is 2.98. The van der Waals surface area contributed by atoms with Crippen LogP contribution in [-0.2, 0) is 13.0 Å². The molecule has 4 rings (SSSR count). The van der Waals surface area contributed by atoms with Crippen molar-refractivity contribution >= 4 is 64.7 Å². The van der Waals surface area contributed by atoms with Crippen LogP contribution in [0.1, 0.15) is 22.6 Å². The molecule has 23 heavy (non-hydrogen) atoms. The van der Waals surface area contributed by atoms with Crippen LogP contribution >= 0.6 is 47.8 Å². The Morgan fingerprint density at radius 3 is 2.52 bits per heavy atom. The van der Waals surface area contributed by atoms with Gasteiger partial charge in [0.25, 0.3) is 5.91 Å². The van der Waals surface area contributed by atoms with Gasteiger partial charge in [0.05, 0.1) is 9.99 Å². The average molecular weight is 507 g/mol. The van der Waals surface area contributed by atoms with Crippen molar-refractivity contribution in [2.24, 2.45) is 0 Å². The van der Waals surface area contributed by atoms with Gasteiger partial charge in [0.15, 0.2) is 5.82 Å². The molecule has 1 fully saturated rings. The molecule has 1 aromatic heterocycles. The number of rotatable bonds is 1. The molecule has 0 unspecified atom stereocenters. The van der Waals surface area contributed by atoms with E-state index in [1.165, 1.54) is 5.56 Å². The first kappa shape index (κ1) is 16.1. The lowest BCUT2D eigenvalue weighted by molar-refractivity contribution is 0.0718. The van der Waals surface area contributed by atoms with Crippen molar-refractivity contribution < 1.29 is 4.79 Å². The Morgan fingerprint density at radius 1 is 1.04 bits per heavy atom. The first-order chi connectivity index (χ1) is 11.1. The standard InChI is InChI=1S/C15H15Br3N4O/c16-9-8-2-1-5-22-13(8)12(11(18)10(9)17)20-14(22)15(23)21-6-3-19-4-7-21/h19H,1-7H2. The maximum atomic E-state index is 12.9. The van der Waals surface area contributed by atoms with Gasteiger partial charge in [0.1, 0.15) is 5.52 Å². The lowest BCUT2D eigenvalue weighted by Gasteiger charge is -2.27. The summed E-state index contributed by atoms with van der Waals surface area (Å²) in [6.07, 6.45) is 2.02. The molecule has 1 amide bonds. The van der Waals surface area contributed by atoms with Crippen molar-refractivity contribution in [3.63, 3.8) is 0 Å². The van der Waals surface area contributed by atoms with Gasteiger partial charge in [0, 0.05) is 41.7 Å². The molecule has 1 saturated heterocycles. The number of aromatic nitrogens is 2. The minimum atomic E-state index is 0.0368. The molecule has 3 heterocycles. The van der Waals surface area contributed by atoms with E-state index < -0.39 is 0 Å². The van der Waals surface area contributed by atoms with Gasteiger partial charge >= 0.3 is 0 Å². The predicted molar refractivity (Wildman–Crippen MR) is 99.9 cm³/mol. The van der Waals surface area contributed by atoms with Crippen molar-refractivity contribution in [1.29, 1.82) is 0 Å². The SMILES string of the molecule is O=C(c1nc2c(Br)c(Br)c(Br)c3c2n1CCC3)N1CCNCC1. The number of halogens is 3. The van der Waals surface area contributed by atoms with Crippen molar-refractivity contribution in [2.75, 3.05) is 26.2 Å². The summed E-state index contributed by atoms with van der Waals surface area (Å²) in [5, 5.41) is 3.28. The zero-order chi connectivity index (χ0) is 16.1. The van der Waals surface area contributed by atoms with Gasteiger partial charge in [-0.25, -0.2) is 4.98 Å². The zero-order valence-corrected chi connectivity index (χ0v) is 17.1. The zero-order valence-electron chi connectivity index (χ0n) is 12.3.